The first kappa shape index (κ1) is 15.3. The van der Waals surface area contributed by atoms with Gasteiger partial charge in [0, 0.05) is 13.5 Å². The number of hydrogen-bond donors (Lipinski definition) is 0. The molecule has 0 atom stereocenters. The minimum absolute atomic E-state index is 0.0748. The van der Waals surface area contributed by atoms with Gasteiger partial charge in [0.25, 0.3) is 0 Å². The number of hydrogen-bond acceptors (Lipinski definition) is 2. The first-order valence-corrected chi connectivity index (χ1v) is 8.61. The molecule has 2 aromatic rings. The van der Waals surface area contributed by atoms with Crippen LogP contribution in [0, 0.1) is 5.92 Å². The highest BCUT2D eigenvalue weighted by molar-refractivity contribution is 5.36. The van der Waals surface area contributed by atoms with Crippen molar-refractivity contribution in [1.29, 1.82) is 0 Å². The Hall–Kier alpha value is -1.64. The van der Waals surface area contributed by atoms with Crippen LogP contribution in [-0.2, 0) is 18.9 Å². The van der Waals surface area contributed by atoms with E-state index in [-0.39, 0.29) is 5.41 Å². The molecular weight excluding hydrogens is 270 g/mol. The van der Waals surface area contributed by atoms with Gasteiger partial charge >= 0.3 is 0 Å². The van der Waals surface area contributed by atoms with Crippen LogP contribution in [0.25, 0.3) is 0 Å². The Morgan fingerprint density at radius 1 is 1.14 bits per heavy atom. The molecule has 3 nitrogen and oxygen atoms in total. The third-order valence-corrected chi connectivity index (χ3v) is 5.12. The molecule has 3 heteroatoms. The maximum Gasteiger partial charge on any atom is 0.143 e. The van der Waals surface area contributed by atoms with Crippen molar-refractivity contribution in [2.45, 2.75) is 57.8 Å². The molecule has 0 amide bonds. The second kappa shape index (κ2) is 6.23. The Morgan fingerprint density at radius 2 is 1.86 bits per heavy atom. The molecule has 3 rings (SSSR count). The molecular formula is C19H27N3. The first-order chi connectivity index (χ1) is 10.7. The van der Waals surface area contributed by atoms with Gasteiger partial charge in [-0.3, -0.25) is 0 Å². The zero-order valence-corrected chi connectivity index (χ0v) is 14.0. The SMILES string of the molecule is CCCCCc1nnc(C2(c3ccccc3)CC(C)C2)n1C. The second-order valence-electron chi connectivity index (χ2n) is 6.92. The zero-order chi connectivity index (χ0) is 15.6. The average Bonchev–Trinajstić information content (AvgIpc) is 2.87. The molecule has 1 aliphatic rings. The van der Waals surface area contributed by atoms with E-state index in [0.717, 1.165) is 24.0 Å². The Balaban J connectivity index is 1.90. The van der Waals surface area contributed by atoms with Crippen LogP contribution in [0.15, 0.2) is 30.3 Å². The number of nitrogens with zero attached hydrogens (tertiary/aromatic N) is 3. The van der Waals surface area contributed by atoms with E-state index in [4.69, 9.17) is 0 Å². The van der Waals surface area contributed by atoms with Gasteiger partial charge < -0.3 is 4.57 Å². The number of rotatable bonds is 6. The standard InChI is InChI=1S/C19H27N3/c1-4-5-7-12-17-20-21-18(22(17)3)19(13-15(2)14-19)16-10-8-6-9-11-16/h6,8-11,15H,4-5,7,12-14H2,1-3H3. The van der Waals surface area contributed by atoms with Crippen LogP contribution in [0.1, 0.15) is 63.2 Å². The molecule has 0 spiro atoms. The normalized spacial score (nSPS) is 24.2. The molecule has 0 aliphatic heterocycles. The van der Waals surface area contributed by atoms with Gasteiger partial charge in [-0.25, -0.2) is 0 Å². The van der Waals surface area contributed by atoms with Crippen molar-refractivity contribution in [3.05, 3.63) is 47.5 Å². The fourth-order valence-corrected chi connectivity index (χ4v) is 3.96. The van der Waals surface area contributed by atoms with Gasteiger partial charge in [0.05, 0.1) is 5.41 Å². The van der Waals surface area contributed by atoms with Crippen molar-refractivity contribution < 1.29 is 0 Å². The van der Waals surface area contributed by atoms with E-state index in [1.807, 2.05) is 0 Å². The van der Waals surface area contributed by atoms with Crippen LogP contribution in [0.2, 0.25) is 0 Å². The summed E-state index contributed by atoms with van der Waals surface area (Å²) in [5.41, 5.74) is 1.47. The van der Waals surface area contributed by atoms with E-state index in [9.17, 15) is 0 Å². The summed E-state index contributed by atoms with van der Waals surface area (Å²) in [7, 11) is 2.14. The Kier molecular flexibility index (Phi) is 4.32. The van der Waals surface area contributed by atoms with E-state index in [0.29, 0.717) is 0 Å². The number of aryl methyl sites for hydroxylation is 1. The Bertz CT molecular complexity index is 609. The van der Waals surface area contributed by atoms with Crippen molar-refractivity contribution in [3.63, 3.8) is 0 Å². The number of benzene rings is 1. The summed E-state index contributed by atoms with van der Waals surface area (Å²) in [6.07, 6.45) is 7.12. The van der Waals surface area contributed by atoms with Gasteiger partial charge in [-0.1, -0.05) is 57.0 Å². The molecule has 1 aromatic carbocycles. The highest BCUT2D eigenvalue weighted by Crippen LogP contribution is 2.51. The average molecular weight is 297 g/mol. The lowest BCUT2D eigenvalue weighted by atomic mass is 9.58. The monoisotopic (exact) mass is 297 g/mol. The number of unbranched alkanes of at least 4 members (excludes halogenated alkanes) is 2. The molecule has 0 unspecified atom stereocenters. The van der Waals surface area contributed by atoms with Gasteiger partial charge in [-0.15, -0.1) is 10.2 Å². The van der Waals surface area contributed by atoms with Crippen LogP contribution in [0.5, 0.6) is 0 Å². The van der Waals surface area contributed by atoms with Gasteiger partial charge in [0.15, 0.2) is 0 Å². The second-order valence-corrected chi connectivity index (χ2v) is 6.92. The van der Waals surface area contributed by atoms with Crippen LogP contribution in [-0.4, -0.2) is 14.8 Å². The van der Waals surface area contributed by atoms with Crippen molar-refractivity contribution in [1.82, 2.24) is 14.8 Å². The summed E-state index contributed by atoms with van der Waals surface area (Å²) in [5, 5.41) is 9.11. The molecule has 1 aromatic heterocycles. The molecule has 118 valence electrons. The molecule has 22 heavy (non-hydrogen) atoms. The molecule has 0 N–H and O–H groups in total. The van der Waals surface area contributed by atoms with Gasteiger partial charge in [-0.05, 0) is 30.7 Å². The van der Waals surface area contributed by atoms with Crippen molar-refractivity contribution in [2.24, 2.45) is 13.0 Å². The molecule has 0 saturated heterocycles. The predicted octanol–water partition coefficient (Wildman–Crippen LogP) is 4.26. The van der Waals surface area contributed by atoms with Crippen LogP contribution in [0.4, 0.5) is 0 Å². The maximum atomic E-state index is 4.61. The summed E-state index contributed by atoms with van der Waals surface area (Å²) >= 11 is 0. The largest absolute Gasteiger partial charge is 0.317 e. The lowest BCUT2D eigenvalue weighted by Gasteiger charge is -2.46. The number of aromatic nitrogens is 3. The Labute approximate surface area is 133 Å². The van der Waals surface area contributed by atoms with Crippen LogP contribution < -0.4 is 0 Å². The minimum Gasteiger partial charge on any atom is -0.317 e. The molecule has 0 bridgehead atoms. The molecule has 1 fully saturated rings. The highest BCUT2D eigenvalue weighted by atomic mass is 15.3. The van der Waals surface area contributed by atoms with E-state index in [2.05, 4.69) is 66.0 Å². The van der Waals surface area contributed by atoms with E-state index in [1.165, 1.54) is 37.7 Å². The highest BCUT2D eigenvalue weighted by Gasteiger charge is 2.48. The quantitative estimate of drug-likeness (QED) is 0.746. The topological polar surface area (TPSA) is 30.7 Å². The first-order valence-electron chi connectivity index (χ1n) is 8.61. The summed E-state index contributed by atoms with van der Waals surface area (Å²) in [4.78, 5) is 0. The van der Waals surface area contributed by atoms with Gasteiger partial charge in [0.1, 0.15) is 11.6 Å². The van der Waals surface area contributed by atoms with Crippen molar-refractivity contribution in [3.8, 4) is 0 Å². The third-order valence-electron chi connectivity index (χ3n) is 5.12. The fraction of sp³-hybridized carbons (Fsp3) is 0.579. The summed E-state index contributed by atoms with van der Waals surface area (Å²) in [5.74, 6) is 3.06. The van der Waals surface area contributed by atoms with E-state index in [1.54, 1.807) is 0 Å². The smallest absolute Gasteiger partial charge is 0.143 e. The van der Waals surface area contributed by atoms with Crippen LogP contribution in [0.3, 0.4) is 0 Å². The van der Waals surface area contributed by atoms with Gasteiger partial charge in [0.2, 0.25) is 0 Å². The molecule has 1 heterocycles. The maximum absolute atomic E-state index is 4.61. The summed E-state index contributed by atoms with van der Waals surface area (Å²) in [6, 6.07) is 10.9. The third kappa shape index (κ3) is 2.57. The minimum atomic E-state index is 0.0748. The van der Waals surface area contributed by atoms with E-state index < -0.39 is 0 Å². The lowest BCUT2D eigenvalue weighted by Crippen LogP contribution is -2.43. The molecule has 0 radical (unpaired) electrons. The lowest BCUT2D eigenvalue weighted by molar-refractivity contribution is 0.185. The van der Waals surface area contributed by atoms with Gasteiger partial charge in [-0.2, -0.15) is 0 Å². The summed E-state index contributed by atoms with van der Waals surface area (Å²) in [6.45, 7) is 4.57. The van der Waals surface area contributed by atoms with Crippen molar-refractivity contribution in [2.75, 3.05) is 0 Å². The Morgan fingerprint density at radius 3 is 2.50 bits per heavy atom. The predicted molar refractivity (Wildman–Crippen MR) is 89.9 cm³/mol. The molecule has 1 aliphatic carbocycles. The summed E-state index contributed by atoms with van der Waals surface area (Å²) < 4.78 is 2.26. The molecule has 1 saturated carbocycles. The van der Waals surface area contributed by atoms with E-state index >= 15 is 0 Å². The zero-order valence-electron chi connectivity index (χ0n) is 14.0. The fourth-order valence-electron chi connectivity index (χ4n) is 3.96. The van der Waals surface area contributed by atoms with Crippen LogP contribution >= 0.6 is 0 Å². The van der Waals surface area contributed by atoms with Crippen molar-refractivity contribution >= 4 is 0 Å².